The Morgan fingerprint density at radius 1 is 1.42 bits per heavy atom. The van der Waals surface area contributed by atoms with Crippen molar-refractivity contribution < 1.29 is 0 Å². The van der Waals surface area contributed by atoms with Crippen molar-refractivity contribution in [3.05, 3.63) is 6.20 Å². The summed E-state index contributed by atoms with van der Waals surface area (Å²) in [5.41, 5.74) is 3.59. The number of nitrogens with zero attached hydrogens (tertiary/aromatic N) is 3. The average Bonchev–Trinajstić information content (AvgIpc) is 2.85. The van der Waals surface area contributed by atoms with Crippen LogP contribution in [0.3, 0.4) is 0 Å². The Balaban J connectivity index is 1.85. The molecule has 0 aromatic carbocycles. The Bertz CT molecular complexity index is 567. The second-order valence-corrected chi connectivity index (χ2v) is 5.23. The number of aromatic amines is 1. The maximum atomic E-state index is 5.39. The number of nitrogen functional groups attached to an aromatic ring is 1. The van der Waals surface area contributed by atoms with Gasteiger partial charge in [0.2, 0.25) is 5.95 Å². The molecule has 102 valence electrons. The van der Waals surface area contributed by atoms with Crippen molar-refractivity contribution in [2.75, 3.05) is 17.3 Å². The second-order valence-electron chi connectivity index (χ2n) is 5.23. The van der Waals surface area contributed by atoms with Crippen LogP contribution in [-0.4, -0.2) is 26.7 Å². The van der Waals surface area contributed by atoms with E-state index in [9.17, 15) is 0 Å². The monoisotopic (exact) mass is 261 g/mol. The van der Waals surface area contributed by atoms with Gasteiger partial charge in [-0.15, -0.1) is 0 Å². The van der Waals surface area contributed by atoms with E-state index < -0.39 is 0 Å². The molecule has 5 N–H and O–H groups in total. The van der Waals surface area contributed by atoms with Crippen LogP contribution >= 0.6 is 0 Å². The molecular weight excluding hydrogens is 242 g/mol. The molecule has 0 bridgehead atoms. The van der Waals surface area contributed by atoms with Gasteiger partial charge in [0.15, 0.2) is 5.65 Å². The number of aromatic nitrogens is 4. The van der Waals surface area contributed by atoms with Crippen LogP contribution in [0.4, 0.5) is 11.8 Å². The molecule has 0 saturated heterocycles. The van der Waals surface area contributed by atoms with E-state index in [1.165, 1.54) is 25.7 Å². The molecule has 1 aliphatic carbocycles. The molecule has 2 aromatic heterocycles. The van der Waals surface area contributed by atoms with Gasteiger partial charge in [-0.05, 0) is 24.7 Å². The number of hydrogen-bond acceptors (Lipinski definition) is 6. The van der Waals surface area contributed by atoms with Crippen LogP contribution in [-0.2, 0) is 0 Å². The third kappa shape index (κ3) is 2.10. The number of fused-ring (bicyclic) bond motifs is 1. The Labute approximate surface area is 111 Å². The van der Waals surface area contributed by atoms with Gasteiger partial charge < -0.3 is 5.32 Å². The highest BCUT2D eigenvalue weighted by molar-refractivity contribution is 5.86. The summed E-state index contributed by atoms with van der Waals surface area (Å²) in [5, 5.41) is 11.2. The smallest absolute Gasteiger partial charge is 0.241 e. The maximum absolute atomic E-state index is 5.39. The number of hydrogen-bond donors (Lipinski definition) is 4. The van der Waals surface area contributed by atoms with E-state index in [0.29, 0.717) is 17.0 Å². The van der Waals surface area contributed by atoms with Gasteiger partial charge in [0.25, 0.3) is 0 Å². The van der Waals surface area contributed by atoms with E-state index in [1.807, 2.05) is 0 Å². The van der Waals surface area contributed by atoms with Crippen LogP contribution in [0.2, 0.25) is 0 Å². The van der Waals surface area contributed by atoms with Gasteiger partial charge in [-0.25, -0.2) is 5.84 Å². The minimum absolute atomic E-state index is 0.387. The first-order chi connectivity index (χ1) is 9.26. The average molecular weight is 261 g/mol. The van der Waals surface area contributed by atoms with E-state index in [1.54, 1.807) is 6.20 Å². The molecule has 0 spiro atoms. The molecule has 3 rings (SSSR count). The van der Waals surface area contributed by atoms with Crippen LogP contribution in [0.1, 0.15) is 32.6 Å². The highest BCUT2D eigenvalue weighted by atomic mass is 15.3. The zero-order valence-corrected chi connectivity index (χ0v) is 11.0. The summed E-state index contributed by atoms with van der Waals surface area (Å²) in [6.45, 7) is 3.19. The van der Waals surface area contributed by atoms with Crippen molar-refractivity contribution in [2.45, 2.75) is 32.6 Å². The van der Waals surface area contributed by atoms with Gasteiger partial charge in [0.1, 0.15) is 5.82 Å². The predicted octanol–water partition coefficient (Wildman–Crippen LogP) is 1.63. The van der Waals surface area contributed by atoms with Crippen LogP contribution < -0.4 is 16.6 Å². The summed E-state index contributed by atoms with van der Waals surface area (Å²) in [6, 6.07) is 0. The van der Waals surface area contributed by atoms with Gasteiger partial charge >= 0.3 is 0 Å². The van der Waals surface area contributed by atoms with E-state index in [4.69, 9.17) is 5.84 Å². The zero-order valence-electron chi connectivity index (χ0n) is 11.0. The van der Waals surface area contributed by atoms with Gasteiger partial charge in [0.05, 0.1) is 11.6 Å². The maximum Gasteiger partial charge on any atom is 0.241 e. The largest absolute Gasteiger partial charge is 0.369 e. The van der Waals surface area contributed by atoms with Crippen molar-refractivity contribution in [2.24, 2.45) is 11.3 Å². The first-order valence-electron chi connectivity index (χ1n) is 6.68. The quantitative estimate of drug-likeness (QED) is 0.481. The summed E-state index contributed by atoms with van der Waals surface area (Å²) in [4.78, 5) is 8.58. The molecule has 0 aliphatic heterocycles. The standard InChI is InChI=1S/C12H19N7/c1-2-12(4-3-5-12)7-14-9-8-6-15-19-10(8)17-11(16-9)18-13/h6H,2-5,7,13H2,1H3,(H3,14,15,16,17,18,19). The highest BCUT2D eigenvalue weighted by Gasteiger charge is 2.34. The SMILES string of the molecule is CCC1(CNc2nc(NN)nc3[nH]ncc23)CCC1. The summed E-state index contributed by atoms with van der Waals surface area (Å²) < 4.78 is 0. The van der Waals surface area contributed by atoms with E-state index in [0.717, 1.165) is 17.7 Å². The number of nitrogens with one attached hydrogen (secondary N) is 3. The van der Waals surface area contributed by atoms with Crippen molar-refractivity contribution in [1.82, 2.24) is 20.2 Å². The predicted molar refractivity (Wildman–Crippen MR) is 74.6 cm³/mol. The van der Waals surface area contributed by atoms with Crippen LogP contribution in [0.5, 0.6) is 0 Å². The van der Waals surface area contributed by atoms with Crippen molar-refractivity contribution in [1.29, 1.82) is 0 Å². The lowest BCUT2D eigenvalue weighted by molar-refractivity contribution is 0.145. The lowest BCUT2D eigenvalue weighted by Crippen LogP contribution is -2.36. The minimum Gasteiger partial charge on any atom is -0.369 e. The van der Waals surface area contributed by atoms with Gasteiger partial charge in [-0.1, -0.05) is 13.3 Å². The first-order valence-corrected chi connectivity index (χ1v) is 6.68. The summed E-state index contributed by atoms with van der Waals surface area (Å²) >= 11 is 0. The molecule has 7 nitrogen and oxygen atoms in total. The van der Waals surface area contributed by atoms with Crippen LogP contribution in [0.25, 0.3) is 11.0 Å². The molecule has 7 heteroatoms. The number of nitrogens with two attached hydrogens (primary N) is 1. The number of rotatable bonds is 5. The Morgan fingerprint density at radius 3 is 2.89 bits per heavy atom. The lowest BCUT2D eigenvalue weighted by atomic mass is 9.67. The molecule has 19 heavy (non-hydrogen) atoms. The second kappa shape index (κ2) is 4.65. The fourth-order valence-electron chi connectivity index (χ4n) is 2.64. The summed E-state index contributed by atoms with van der Waals surface area (Å²) in [5.74, 6) is 6.56. The van der Waals surface area contributed by atoms with Crippen LogP contribution in [0.15, 0.2) is 6.20 Å². The molecule has 1 saturated carbocycles. The van der Waals surface area contributed by atoms with E-state index >= 15 is 0 Å². The molecule has 2 heterocycles. The molecule has 0 unspecified atom stereocenters. The van der Waals surface area contributed by atoms with Crippen molar-refractivity contribution >= 4 is 22.8 Å². The molecule has 0 radical (unpaired) electrons. The number of anilines is 2. The zero-order chi connectivity index (χ0) is 13.3. The summed E-state index contributed by atoms with van der Waals surface area (Å²) in [7, 11) is 0. The normalized spacial score (nSPS) is 17.2. The molecule has 2 aromatic rings. The number of H-pyrrole nitrogens is 1. The fraction of sp³-hybridized carbons (Fsp3) is 0.583. The Kier molecular flexibility index (Phi) is 2.98. The lowest BCUT2D eigenvalue weighted by Gasteiger charge is -2.41. The van der Waals surface area contributed by atoms with Gasteiger partial charge in [-0.3, -0.25) is 10.5 Å². The van der Waals surface area contributed by atoms with E-state index in [-0.39, 0.29) is 0 Å². The fourth-order valence-corrected chi connectivity index (χ4v) is 2.64. The minimum atomic E-state index is 0.387. The number of hydrazine groups is 1. The first kappa shape index (κ1) is 12.2. The van der Waals surface area contributed by atoms with Gasteiger partial charge in [-0.2, -0.15) is 15.1 Å². The molecule has 0 amide bonds. The Hall–Kier alpha value is -1.89. The van der Waals surface area contributed by atoms with Crippen LogP contribution in [0, 0.1) is 5.41 Å². The van der Waals surface area contributed by atoms with Gasteiger partial charge in [0, 0.05) is 6.54 Å². The molecular formula is C12H19N7. The highest BCUT2D eigenvalue weighted by Crippen LogP contribution is 2.43. The molecule has 1 aliphatic rings. The van der Waals surface area contributed by atoms with Crippen molar-refractivity contribution in [3.8, 4) is 0 Å². The topological polar surface area (TPSA) is 105 Å². The molecule has 0 atom stereocenters. The Morgan fingerprint density at radius 2 is 2.26 bits per heavy atom. The molecule has 1 fully saturated rings. The van der Waals surface area contributed by atoms with Crippen molar-refractivity contribution in [3.63, 3.8) is 0 Å². The third-order valence-corrected chi connectivity index (χ3v) is 4.23. The van der Waals surface area contributed by atoms with E-state index in [2.05, 4.69) is 37.8 Å². The summed E-state index contributed by atoms with van der Waals surface area (Å²) in [6.07, 6.45) is 6.84. The third-order valence-electron chi connectivity index (χ3n) is 4.23.